The predicted octanol–water partition coefficient (Wildman–Crippen LogP) is 3.51. The molecule has 1 atom stereocenters. The van der Waals surface area contributed by atoms with Gasteiger partial charge in [0.25, 0.3) is 0 Å². The molecule has 2 aromatic carbocycles. The number of aliphatic hydroxyl groups is 1. The summed E-state index contributed by atoms with van der Waals surface area (Å²) in [5.74, 6) is 1.27. The quantitative estimate of drug-likeness (QED) is 0.842. The second-order valence-electron chi connectivity index (χ2n) is 3.93. The number of rotatable bonds is 4. The van der Waals surface area contributed by atoms with E-state index in [1.54, 1.807) is 7.11 Å². The van der Waals surface area contributed by atoms with E-state index < -0.39 is 6.10 Å². The van der Waals surface area contributed by atoms with Crippen molar-refractivity contribution in [3.63, 3.8) is 0 Å². The SMILES string of the molecule is COc1ccc2c(C(O)CCCl)cccc2c1. The molecule has 0 aliphatic heterocycles. The normalized spacial score (nSPS) is 12.6. The van der Waals surface area contributed by atoms with Crippen molar-refractivity contribution in [2.24, 2.45) is 0 Å². The Hall–Kier alpha value is -1.25. The van der Waals surface area contributed by atoms with Crippen LogP contribution in [0, 0.1) is 0 Å². The average Bonchev–Trinajstić information content (AvgIpc) is 2.37. The van der Waals surface area contributed by atoms with Gasteiger partial charge in [0.15, 0.2) is 0 Å². The van der Waals surface area contributed by atoms with Gasteiger partial charge in [-0.3, -0.25) is 0 Å². The zero-order valence-electron chi connectivity index (χ0n) is 9.69. The fourth-order valence-corrected chi connectivity index (χ4v) is 2.17. The van der Waals surface area contributed by atoms with E-state index in [2.05, 4.69) is 0 Å². The van der Waals surface area contributed by atoms with Gasteiger partial charge in [0.2, 0.25) is 0 Å². The number of halogens is 1. The predicted molar refractivity (Wildman–Crippen MR) is 70.8 cm³/mol. The molecular weight excluding hydrogens is 236 g/mol. The van der Waals surface area contributed by atoms with Gasteiger partial charge in [-0.05, 0) is 34.9 Å². The van der Waals surface area contributed by atoms with Gasteiger partial charge in [-0.25, -0.2) is 0 Å². The lowest BCUT2D eigenvalue weighted by Gasteiger charge is -2.13. The number of hydrogen-bond donors (Lipinski definition) is 1. The molecular formula is C14H15ClO2. The molecule has 3 heteroatoms. The minimum Gasteiger partial charge on any atom is -0.497 e. The third kappa shape index (κ3) is 2.54. The van der Waals surface area contributed by atoms with E-state index in [0.29, 0.717) is 12.3 Å². The summed E-state index contributed by atoms with van der Waals surface area (Å²) in [5, 5.41) is 12.1. The Bertz CT molecular complexity index is 511. The van der Waals surface area contributed by atoms with Crippen LogP contribution in [0.1, 0.15) is 18.1 Å². The Labute approximate surface area is 106 Å². The van der Waals surface area contributed by atoms with Crippen LogP contribution in [0.25, 0.3) is 10.8 Å². The molecule has 0 heterocycles. The number of methoxy groups -OCH3 is 1. The van der Waals surface area contributed by atoms with E-state index in [-0.39, 0.29) is 0 Å². The Balaban J connectivity index is 2.50. The number of fused-ring (bicyclic) bond motifs is 1. The Morgan fingerprint density at radius 2 is 2.12 bits per heavy atom. The van der Waals surface area contributed by atoms with Gasteiger partial charge in [-0.15, -0.1) is 11.6 Å². The lowest BCUT2D eigenvalue weighted by atomic mass is 9.99. The van der Waals surface area contributed by atoms with Crippen LogP contribution in [-0.2, 0) is 0 Å². The Morgan fingerprint density at radius 1 is 1.29 bits per heavy atom. The summed E-state index contributed by atoms with van der Waals surface area (Å²) in [4.78, 5) is 0. The van der Waals surface area contributed by atoms with Crippen LogP contribution in [0.15, 0.2) is 36.4 Å². The van der Waals surface area contributed by atoms with Crippen molar-refractivity contribution in [3.8, 4) is 5.75 Å². The van der Waals surface area contributed by atoms with Crippen LogP contribution in [0.2, 0.25) is 0 Å². The molecule has 0 spiro atoms. The van der Waals surface area contributed by atoms with Crippen LogP contribution < -0.4 is 4.74 Å². The van der Waals surface area contributed by atoms with Crippen LogP contribution >= 0.6 is 11.6 Å². The first-order valence-corrected chi connectivity index (χ1v) is 6.10. The van der Waals surface area contributed by atoms with Gasteiger partial charge in [-0.2, -0.15) is 0 Å². The number of ether oxygens (including phenoxy) is 1. The fourth-order valence-electron chi connectivity index (χ4n) is 1.96. The summed E-state index contributed by atoms with van der Waals surface area (Å²) in [7, 11) is 1.65. The highest BCUT2D eigenvalue weighted by Gasteiger charge is 2.10. The lowest BCUT2D eigenvalue weighted by molar-refractivity contribution is 0.176. The maximum absolute atomic E-state index is 10.0. The summed E-state index contributed by atoms with van der Waals surface area (Å²) in [6, 6.07) is 11.7. The van der Waals surface area contributed by atoms with E-state index in [1.807, 2.05) is 36.4 Å². The van der Waals surface area contributed by atoms with E-state index in [9.17, 15) is 5.11 Å². The molecule has 17 heavy (non-hydrogen) atoms. The highest BCUT2D eigenvalue weighted by Crippen LogP contribution is 2.28. The van der Waals surface area contributed by atoms with Crippen molar-refractivity contribution in [2.75, 3.05) is 13.0 Å². The molecule has 0 aliphatic rings. The molecule has 1 unspecified atom stereocenters. The van der Waals surface area contributed by atoms with Gasteiger partial charge in [0.1, 0.15) is 5.75 Å². The van der Waals surface area contributed by atoms with Crippen molar-refractivity contribution >= 4 is 22.4 Å². The standard InChI is InChI=1S/C14H15ClO2/c1-17-11-5-6-12-10(9-11)3-2-4-13(12)14(16)7-8-15/h2-6,9,14,16H,7-8H2,1H3. The summed E-state index contributed by atoms with van der Waals surface area (Å²) < 4.78 is 5.19. The van der Waals surface area contributed by atoms with Gasteiger partial charge in [-0.1, -0.05) is 24.3 Å². The summed E-state index contributed by atoms with van der Waals surface area (Å²) in [6.45, 7) is 0. The summed E-state index contributed by atoms with van der Waals surface area (Å²) in [6.07, 6.45) is 0.0526. The molecule has 0 aromatic heterocycles. The maximum Gasteiger partial charge on any atom is 0.119 e. The largest absolute Gasteiger partial charge is 0.497 e. The number of aliphatic hydroxyl groups excluding tert-OH is 1. The smallest absolute Gasteiger partial charge is 0.119 e. The molecule has 2 nitrogen and oxygen atoms in total. The molecule has 90 valence electrons. The van der Waals surface area contributed by atoms with Gasteiger partial charge in [0.05, 0.1) is 13.2 Å². The third-order valence-corrected chi connectivity index (χ3v) is 3.08. The lowest BCUT2D eigenvalue weighted by Crippen LogP contribution is -1.99. The third-order valence-electron chi connectivity index (χ3n) is 2.86. The zero-order chi connectivity index (χ0) is 12.3. The Morgan fingerprint density at radius 3 is 2.82 bits per heavy atom. The zero-order valence-corrected chi connectivity index (χ0v) is 10.4. The maximum atomic E-state index is 10.0. The molecule has 0 amide bonds. The van der Waals surface area contributed by atoms with E-state index in [0.717, 1.165) is 22.1 Å². The molecule has 2 rings (SSSR count). The van der Waals surface area contributed by atoms with Crippen molar-refractivity contribution in [2.45, 2.75) is 12.5 Å². The first-order valence-electron chi connectivity index (χ1n) is 5.57. The summed E-state index contributed by atoms with van der Waals surface area (Å²) >= 11 is 5.67. The minimum atomic E-state index is -0.510. The molecule has 2 aromatic rings. The van der Waals surface area contributed by atoms with Gasteiger partial charge >= 0.3 is 0 Å². The van der Waals surface area contributed by atoms with E-state index in [1.165, 1.54) is 0 Å². The van der Waals surface area contributed by atoms with Crippen molar-refractivity contribution in [1.82, 2.24) is 0 Å². The molecule has 0 aliphatic carbocycles. The van der Waals surface area contributed by atoms with Crippen molar-refractivity contribution in [3.05, 3.63) is 42.0 Å². The molecule has 0 radical (unpaired) electrons. The van der Waals surface area contributed by atoms with Crippen LogP contribution in [0.4, 0.5) is 0 Å². The second-order valence-corrected chi connectivity index (χ2v) is 4.31. The first-order chi connectivity index (χ1) is 8.26. The highest BCUT2D eigenvalue weighted by molar-refractivity contribution is 6.17. The molecule has 0 saturated heterocycles. The summed E-state index contributed by atoms with van der Waals surface area (Å²) in [5.41, 5.74) is 0.922. The second kappa shape index (κ2) is 5.39. The molecule has 0 saturated carbocycles. The highest BCUT2D eigenvalue weighted by atomic mass is 35.5. The van der Waals surface area contributed by atoms with Crippen LogP contribution in [0.3, 0.4) is 0 Å². The monoisotopic (exact) mass is 250 g/mol. The number of hydrogen-bond acceptors (Lipinski definition) is 2. The minimum absolute atomic E-state index is 0.452. The molecule has 0 bridgehead atoms. The van der Waals surface area contributed by atoms with Crippen LogP contribution in [-0.4, -0.2) is 18.1 Å². The van der Waals surface area contributed by atoms with Gasteiger partial charge < -0.3 is 9.84 Å². The topological polar surface area (TPSA) is 29.5 Å². The van der Waals surface area contributed by atoms with Gasteiger partial charge in [0, 0.05) is 5.88 Å². The number of alkyl halides is 1. The fraction of sp³-hybridized carbons (Fsp3) is 0.286. The first kappa shape index (κ1) is 12.2. The van der Waals surface area contributed by atoms with E-state index >= 15 is 0 Å². The Kier molecular flexibility index (Phi) is 3.87. The van der Waals surface area contributed by atoms with E-state index in [4.69, 9.17) is 16.3 Å². The van der Waals surface area contributed by atoms with Crippen molar-refractivity contribution < 1.29 is 9.84 Å². The number of benzene rings is 2. The average molecular weight is 251 g/mol. The molecule has 0 fully saturated rings. The molecule has 1 N–H and O–H groups in total. The van der Waals surface area contributed by atoms with Crippen LogP contribution in [0.5, 0.6) is 5.75 Å². The van der Waals surface area contributed by atoms with Crippen molar-refractivity contribution in [1.29, 1.82) is 0 Å².